The molecule has 0 bridgehead atoms. The summed E-state index contributed by atoms with van der Waals surface area (Å²) in [7, 11) is 0. The summed E-state index contributed by atoms with van der Waals surface area (Å²) in [6, 6.07) is 0.0690. The maximum Gasteiger partial charge on any atom is 0.435 e. The van der Waals surface area contributed by atoms with Crippen LogP contribution in [0.15, 0.2) is 24.9 Å². The molecule has 8 nitrogen and oxygen atoms in total. The van der Waals surface area contributed by atoms with Crippen molar-refractivity contribution < 1.29 is 22.0 Å². The van der Waals surface area contributed by atoms with Gasteiger partial charge in [-0.3, -0.25) is 0 Å². The second-order valence-electron chi connectivity index (χ2n) is 8.17. The molecule has 0 amide bonds. The number of aromatic nitrogens is 6. The Kier molecular flexibility index (Phi) is 5.05. The fraction of sp³-hybridized carbons (Fsp3) is 0.526. The van der Waals surface area contributed by atoms with Crippen LogP contribution in [0, 0.1) is 11.8 Å². The lowest BCUT2D eigenvalue weighted by Gasteiger charge is -2.23. The number of rotatable bonds is 5. The van der Waals surface area contributed by atoms with Crippen LogP contribution in [-0.4, -0.2) is 55.3 Å². The predicted octanol–water partition coefficient (Wildman–Crippen LogP) is 3.23. The minimum atomic E-state index is -4.53. The molecule has 1 aliphatic carbocycles. The fourth-order valence-corrected chi connectivity index (χ4v) is 4.78. The highest BCUT2D eigenvalue weighted by molar-refractivity contribution is 5.71. The molecule has 1 aliphatic heterocycles. The molecular weight excluding hydrogens is 435 g/mol. The van der Waals surface area contributed by atoms with E-state index < -0.39 is 24.8 Å². The largest absolute Gasteiger partial charge is 0.435 e. The van der Waals surface area contributed by atoms with Crippen molar-refractivity contribution in [3.63, 3.8) is 0 Å². The van der Waals surface area contributed by atoms with E-state index in [-0.39, 0.29) is 29.2 Å². The van der Waals surface area contributed by atoms with Crippen molar-refractivity contribution in [2.45, 2.75) is 38.0 Å². The Morgan fingerprint density at radius 1 is 1.06 bits per heavy atom. The number of hydrogen-bond donors (Lipinski definition) is 1. The van der Waals surface area contributed by atoms with Crippen LogP contribution in [0.2, 0.25) is 0 Å². The lowest BCUT2D eigenvalue weighted by molar-refractivity contribution is -0.140. The first kappa shape index (κ1) is 20.8. The third-order valence-electron chi connectivity index (χ3n) is 6.06. The zero-order valence-corrected chi connectivity index (χ0v) is 16.7. The first-order valence-electron chi connectivity index (χ1n) is 10.1. The summed E-state index contributed by atoms with van der Waals surface area (Å²) in [5, 5.41) is 7.20. The van der Waals surface area contributed by atoms with E-state index in [1.165, 1.54) is 18.6 Å². The standard InChI is InChI=1S/C19H19F5N8/c20-15(21)8-32-18-13(3-28-32)26-5-16(30-18)29-12-1-10-6-31(7-11(10)2-12)14-4-25-9-27-17(14)19(22,23)24/h3-5,9-12,15H,1-2,6-8H2,(H,29,30)/t10-,11+,12?. The summed E-state index contributed by atoms with van der Waals surface area (Å²) in [4.78, 5) is 17.6. The maximum absolute atomic E-state index is 13.3. The van der Waals surface area contributed by atoms with Crippen molar-refractivity contribution in [1.29, 1.82) is 0 Å². The third-order valence-corrected chi connectivity index (χ3v) is 6.06. The normalized spacial score (nSPS) is 23.3. The van der Waals surface area contributed by atoms with Crippen LogP contribution in [0.5, 0.6) is 0 Å². The highest BCUT2D eigenvalue weighted by Gasteiger charge is 2.44. The highest BCUT2D eigenvalue weighted by atomic mass is 19.4. The van der Waals surface area contributed by atoms with Gasteiger partial charge in [0.2, 0.25) is 0 Å². The molecule has 3 aromatic rings. The Morgan fingerprint density at radius 3 is 2.50 bits per heavy atom. The maximum atomic E-state index is 13.3. The van der Waals surface area contributed by atoms with E-state index in [2.05, 4.69) is 30.4 Å². The van der Waals surface area contributed by atoms with E-state index in [0.717, 1.165) is 23.9 Å². The highest BCUT2D eigenvalue weighted by Crippen LogP contribution is 2.43. The van der Waals surface area contributed by atoms with E-state index in [1.807, 2.05) is 0 Å². The van der Waals surface area contributed by atoms with Crippen LogP contribution in [-0.2, 0) is 12.7 Å². The summed E-state index contributed by atoms with van der Waals surface area (Å²) >= 11 is 0. The van der Waals surface area contributed by atoms with Crippen molar-refractivity contribution in [2.75, 3.05) is 23.3 Å². The average molecular weight is 454 g/mol. The van der Waals surface area contributed by atoms with Gasteiger partial charge in [0.05, 0.1) is 24.3 Å². The quantitative estimate of drug-likeness (QED) is 0.593. The Labute approximate surface area is 178 Å². The topological polar surface area (TPSA) is 84.7 Å². The first-order chi connectivity index (χ1) is 15.3. The number of nitrogens with zero attached hydrogens (tertiary/aromatic N) is 7. The molecule has 3 aromatic heterocycles. The van der Waals surface area contributed by atoms with E-state index in [1.54, 1.807) is 4.90 Å². The summed E-state index contributed by atoms with van der Waals surface area (Å²) in [5.41, 5.74) is -0.183. The Bertz CT molecular complexity index is 1100. The van der Waals surface area contributed by atoms with Gasteiger partial charge >= 0.3 is 6.18 Å². The second-order valence-corrected chi connectivity index (χ2v) is 8.17. The smallest absolute Gasteiger partial charge is 0.368 e. The van der Waals surface area contributed by atoms with Gasteiger partial charge in [-0.25, -0.2) is 33.4 Å². The van der Waals surface area contributed by atoms with Crippen molar-refractivity contribution in [1.82, 2.24) is 29.7 Å². The van der Waals surface area contributed by atoms with E-state index in [9.17, 15) is 22.0 Å². The molecule has 32 heavy (non-hydrogen) atoms. The van der Waals surface area contributed by atoms with Crippen LogP contribution >= 0.6 is 0 Å². The molecule has 3 atom stereocenters. The van der Waals surface area contributed by atoms with Crippen molar-refractivity contribution >= 4 is 22.7 Å². The van der Waals surface area contributed by atoms with Crippen LogP contribution in [0.1, 0.15) is 18.5 Å². The van der Waals surface area contributed by atoms with Crippen LogP contribution < -0.4 is 10.2 Å². The number of nitrogens with one attached hydrogen (secondary N) is 1. The minimum absolute atomic E-state index is 0.0162. The fourth-order valence-electron chi connectivity index (χ4n) is 4.78. The van der Waals surface area contributed by atoms with Gasteiger partial charge in [-0.15, -0.1) is 0 Å². The number of hydrogen-bond acceptors (Lipinski definition) is 7. The molecule has 1 saturated heterocycles. The van der Waals surface area contributed by atoms with Gasteiger partial charge in [-0.1, -0.05) is 0 Å². The molecule has 1 unspecified atom stereocenters. The second kappa shape index (κ2) is 7.78. The average Bonchev–Trinajstić information content (AvgIpc) is 3.41. The molecule has 0 aromatic carbocycles. The van der Waals surface area contributed by atoms with Crippen LogP contribution in [0.3, 0.4) is 0 Å². The Morgan fingerprint density at radius 2 is 1.81 bits per heavy atom. The Balaban J connectivity index is 1.26. The number of anilines is 2. The van der Waals surface area contributed by atoms with Crippen LogP contribution in [0.4, 0.5) is 33.5 Å². The van der Waals surface area contributed by atoms with E-state index in [0.29, 0.717) is 24.4 Å². The molecule has 1 N–H and O–H groups in total. The Hall–Kier alpha value is -3.12. The monoisotopic (exact) mass is 454 g/mol. The molecule has 13 heteroatoms. The van der Waals surface area contributed by atoms with Crippen LogP contribution in [0.25, 0.3) is 11.2 Å². The van der Waals surface area contributed by atoms with E-state index >= 15 is 0 Å². The molecule has 2 fully saturated rings. The van der Waals surface area contributed by atoms with Gasteiger partial charge in [0.25, 0.3) is 6.43 Å². The van der Waals surface area contributed by atoms with Gasteiger partial charge in [-0.05, 0) is 24.7 Å². The van der Waals surface area contributed by atoms with Gasteiger partial charge in [0, 0.05) is 19.1 Å². The number of fused-ring (bicyclic) bond motifs is 2. The lowest BCUT2D eigenvalue weighted by atomic mass is 10.0. The molecule has 4 heterocycles. The third kappa shape index (κ3) is 3.91. The molecule has 0 spiro atoms. The summed E-state index contributed by atoms with van der Waals surface area (Å²) in [6.07, 6.45) is -0.512. The number of halogens is 5. The molecular formula is C19H19F5N8. The van der Waals surface area contributed by atoms with Crippen molar-refractivity contribution in [3.05, 3.63) is 30.6 Å². The van der Waals surface area contributed by atoms with E-state index in [4.69, 9.17) is 0 Å². The molecule has 5 rings (SSSR count). The van der Waals surface area contributed by atoms with Crippen molar-refractivity contribution in [2.24, 2.45) is 11.8 Å². The SMILES string of the molecule is FC(F)Cn1ncc2ncc(NC3C[C@@H]4CN(c5cncnc5C(F)(F)F)C[C@@H]4C3)nc21. The van der Waals surface area contributed by atoms with Gasteiger partial charge in [-0.2, -0.15) is 18.3 Å². The summed E-state index contributed by atoms with van der Waals surface area (Å²) in [6.45, 7) is 0.421. The zero-order valence-electron chi connectivity index (χ0n) is 16.7. The summed E-state index contributed by atoms with van der Waals surface area (Å²) in [5.74, 6) is 0.899. The molecule has 2 aliphatic rings. The minimum Gasteiger partial charge on any atom is -0.368 e. The first-order valence-corrected chi connectivity index (χ1v) is 10.1. The molecule has 170 valence electrons. The van der Waals surface area contributed by atoms with Gasteiger partial charge < -0.3 is 10.2 Å². The predicted molar refractivity (Wildman–Crippen MR) is 104 cm³/mol. The number of alkyl halides is 5. The van der Waals surface area contributed by atoms with Crippen molar-refractivity contribution in [3.8, 4) is 0 Å². The lowest BCUT2D eigenvalue weighted by Crippen LogP contribution is -2.27. The molecule has 1 saturated carbocycles. The molecule has 0 radical (unpaired) electrons. The zero-order chi connectivity index (χ0) is 22.5. The van der Waals surface area contributed by atoms with Gasteiger partial charge in [0.1, 0.15) is 24.2 Å². The summed E-state index contributed by atoms with van der Waals surface area (Å²) < 4.78 is 66.5. The van der Waals surface area contributed by atoms with Gasteiger partial charge in [0.15, 0.2) is 11.3 Å².